The van der Waals surface area contributed by atoms with E-state index in [1.54, 1.807) is 6.26 Å². The van der Waals surface area contributed by atoms with Crippen LogP contribution in [-0.2, 0) is 16.0 Å². The van der Waals surface area contributed by atoms with E-state index in [-0.39, 0.29) is 23.1 Å². The van der Waals surface area contributed by atoms with Crippen molar-refractivity contribution in [3.05, 3.63) is 24.2 Å². The minimum absolute atomic E-state index is 0.0616. The van der Waals surface area contributed by atoms with Gasteiger partial charge in [0.05, 0.1) is 6.26 Å². The summed E-state index contributed by atoms with van der Waals surface area (Å²) in [5, 5.41) is 6.11. The molecule has 0 aromatic carbocycles. The Hall–Kier alpha value is -1.78. The van der Waals surface area contributed by atoms with Gasteiger partial charge < -0.3 is 15.1 Å². The van der Waals surface area contributed by atoms with Gasteiger partial charge >= 0.3 is 0 Å². The van der Waals surface area contributed by atoms with Gasteiger partial charge in [-0.1, -0.05) is 13.8 Å². The first kappa shape index (κ1) is 18.6. The molecular weight excluding hydrogens is 340 g/mol. The van der Waals surface area contributed by atoms with Gasteiger partial charge in [0.15, 0.2) is 0 Å². The molecule has 0 spiro atoms. The molecule has 1 unspecified atom stereocenters. The van der Waals surface area contributed by atoms with Gasteiger partial charge in [0.1, 0.15) is 11.8 Å². The second kappa shape index (κ2) is 7.33. The van der Waals surface area contributed by atoms with E-state index in [0.29, 0.717) is 13.0 Å². The normalized spacial score (nSPS) is 32.5. The summed E-state index contributed by atoms with van der Waals surface area (Å²) in [6, 6.07) is 3.28. The van der Waals surface area contributed by atoms with Gasteiger partial charge in [0.2, 0.25) is 11.8 Å². The Bertz CT molecular complexity index is 644. The summed E-state index contributed by atoms with van der Waals surface area (Å²) >= 11 is 0. The highest BCUT2D eigenvalue weighted by Crippen LogP contribution is 2.60. The summed E-state index contributed by atoms with van der Waals surface area (Å²) in [6.45, 7) is 4.51. The van der Waals surface area contributed by atoms with Crippen LogP contribution in [0.4, 0.5) is 0 Å². The number of furan rings is 1. The smallest absolute Gasteiger partial charge is 0.242 e. The van der Waals surface area contributed by atoms with Gasteiger partial charge in [-0.3, -0.25) is 9.59 Å². The third-order valence-electron chi connectivity index (χ3n) is 7.01. The summed E-state index contributed by atoms with van der Waals surface area (Å²) in [6.07, 6.45) is 9.31. The lowest BCUT2D eigenvalue weighted by Gasteiger charge is -2.55. The quantitative estimate of drug-likeness (QED) is 0.771. The van der Waals surface area contributed by atoms with Crippen molar-refractivity contribution in [3.63, 3.8) is 0 Å². The molecular formula is C22H32N2O3. The Kier molecular flexibility index (Phi) is 5.04. The Balaban J connectivity index is 1.36. The summed E-state index contributed by atoms with van der Waals surface area (Å²) < 4.78 is 5.30. The first-order valence-corrected chi connectivity index (χ1v) is 10.6. The summed E-state index contributed by atoms with van der Waals surface area (Å²) in [5.41, 5.74) is -0.212. The van der Waals surface area contributed by atoms with E-state index >= 15 is 0 Å². The zero-order valence-corrected chi connectivity index (χ0v) is 16.5. The monoisotopic (exact) mass is 372 g/mol. The average Bonchev–Trinajstić information content (AvgIpc) is 3.11. The predicted octanol–water partition coefficient (Wildman–Crippen LogP) is 3.30. The topological polar surface area (TPSA) is 71.3 Å². The van der Waals surface area contributed by atoms with Gasteiger partial charge in [0.25, 0.3) is 0 Å². The van der Waals surface area contributed by atoms with Crippen LogP contribution in [0, 0.1) is 29.1 Å². The summed E-state index contributed by atoms with van der Waals surface area (Å²) in [7, 11) is 0. The van der Waals surface area contributed by atoms with Crippen molar-refractivity contribution < 1.29 is 14.0 Å². The second-order valence-electron chi connectivity index (χ2n) is 9.51. The van der Waals surface area contributed by atoms with Crippen LogP contribution in [0.2, 0.25) is 0 Å². The third-order valence-corrected chi connectivity index (χ3v) is 7.01. The van der Waals surface area contributed by atoms with Gasteiger partial charge in [-0.2, -0.15) is 0 Å². The minimum Gasteiger partial charge on any atom is -0.469 e. The number of carbonyl (C=O) groups excluding carboxylic acids is 2. The van der Waals surface area contributed by atoms with E-state index in [0.717, 1.165) is 42.8 Å². The Labute approximate surface area is 161 Å². The summed E-state index contributed by atoms with van der Waals surface area (Å²) in [4.78, 5) is 26.0. The maximum Gasteiger partial charge on any atom is 0.242 e. The van der Waals surface area contributed by atoms with Crippen molar-refractivity contribution in [1.29, 1.82) is 0 Å². The molecule has 1 heterocycles. The molecule has 4 aliphatic carbocycles. The van der Waals surface area contributed by atoms with Crippen LogP contribution in [-0.4, -0.2) is 24.4 Å². The third kappa shape index (κ3) is 3.78. The van der Waals surface area contributed by atoms with Crippen LogP contribution in [0.1, 0.15) is 58.1 Å². The van der Waals surface area contributed by atoms with Crippen LogP contribution in [0.3, 0.4) is 0 Å². The standard InChI is InChI=1S/C22H32N2O3/c1-14(2)19(20(25)23-6-5-18-4-3-7-27-18)24-21(26)22-11-15-8-16(12-22)10-17(9-15)13-22/h3-4,7,14-17,19H,5-6,8-13H2,1-2H3,(H,23,25)(H,24,26). The number of hydrogen-bond acceptors (Lipinski definition) is 3. The number of amides is 2. The maximum absolute atomic E-state index is 13.3. The van der Waals surface area contributed by atoms with E-state index in [9.17, 15) is 9.59 Å². The van der Waals surface area contributed by atoms with Crippen molar-refractivity contribution in [3.8, 4) is 0 Å². The van der Waals surface area contributed by atoms with Gasteiger partial charge in [0, 0.05) is 18.4 Å². The van der Waals surface area contributed by atoms with Crippen LogP contribution >= 0.6 is 0 Å². The highest BCUT2D eigenvalue weighted by molar-refractivity contribution is 5.90. The van der Waals surface area contributed by atoms with Gasteiger partial charge in [-0.05, 0) is 74.3 Å². The van der Waals surface area contributed by atoms with Gasteiger partial charge in [-0.15, -0.1) is 0 Å². The Morgan fingerprint density at radius 3 is 2.30 bits per heavy atom. The zero-order valence-electron chi connectivity index (χ0n) is 16.5. The number of rotatable bonds is 7. The first-order chi connectivity index (χ1) is 12.9. The Morgan fingerprint density at radius 1 is 1.15 bits per heavy atom. The van der Waals surface area contributed by atoms with Gasteiger partial charge in [-0.25, -0.2) is 0 Å². The van der Waals surface area contributed by atoms with Crippen molar-refractivity contribution in [2.45, 2.75) is 64.8 Å². The fraction of sp³-hybridized carbons (Fsp3) is 0.727. The molecule has 4 saturated carbocycles. The van der Waals surface area contributed by atoms with E-state index in [2.05, 4.69) is 10.6 Å². The predicted molar refractivity (Wildman–Crippen MR) is 103 cm³/mol. The molecule has 1 aromatic rings. The van der Waals surface area contributed by atoms with Crippen LogP contribution in [0.5, 0.6) is 0 Å². The van der Waals surface area contributed by atoms with Crippen molar-refractivity contribution in [2.75, 3.05) is 6.54 Å². The molecule has 1 aromatic heterocycles. The molecule has 4 fully saturated rings. The second-order valence-corrected chi connectivity index (χ2v) is 9.51. The fourth-order valence-electron chi connectivity index (χ4n) is 6.09. The highest BCUT2D eigenvalue weighted by atomic mass is 16.3. The first-order valence-electron chi connectivity index (χ1n) is 10.6. The maximum atomic E-state index is 13.3. The molecule has 5 heteroatoms. The molecule has 5 nitrogen and oxygen atoms in total. The van der Waals surface area contributed by atoms with E-state index in [4.69, 9.17) is 4.42 Å². The number of hydrogen-bond donors (Lipinski definition) is 2. The van der Waals surface area contributed by atoms with E-state index < -0.39 is 6.04 Å². The molecule has 0 saturated heterocycles. The lowest BCUT2D eigenvalue weighted by Crippen LogP contribution is -2.58. The molecule has 27 heavy (non-hydrogen) atoms. The molecule has 4 bridgehead atoms. The lowest BCUT2D eigenvalue weighted by atomic mass is 9.49. The average molecular weight is 373 g/mol. The molecule has 2 N–H and O–H groups in total. The molecule has 148 valence electrons. The largest absolute Gasteiger partial charge is 0.469 e. The van der Waals surface area contributed by atoms with Crippen LogP contribution < -0.4 is 10.6 Å². The highest BCUT2D eigenvalue weighted by Gasteiger charge is 2.55. The number of carbonyl (C=O) groups is 2. The summed E-state index contributed by atoms with van der Waals surface area (Å²) in [5.74, 6) is 3.13. The van der Waals surface area contributed by atoms with Crippen molar-refractivity contribution in [1.82, 2.24) is 10.6 Å². The van der Waals surface area contributed by atoms with Crippen LogP contribution in [0.15, 0.2) is 22.8 Å². The lowest BCUT2D eigenvalue weighted by molar-refractivity contribution is -0.149. The SMILES string of the molecule is CC(C)C(NC(=O)C12CC3CC(CC(C3)C1)C2)C(=O)NCCc1ccco1. The van der Waals surface area contributed by atoms with E-state index in [1.165, 1.54) is 19.3 Å². The molecule has 4 aliphatic rings. The molecule has 0 aliphatic heterocycles. The molecule has 1 atom stereocenters. The minimum atomic E-state index is -0.470. The molecule has 2 amide bonds. The fourth-order valence-corrected chi connectivity index (χ4v) is 6.09. The van der Waals surface area contributed by atoms with E-state index in [1.807, 2.05) is 26.0 Å². The van der Waals surface area contributed by atoms with Crippen LogP contribution in [0.25, 0.3) is 0 Å². The van der Waals surface area contributed by atoms with Crippen molar-refractivity contribution >= 4 is 11.8 Å². The molecule has 0 radical (unpaired) electrons. The molecule has 5 rings (SSSR count). The number of nitrogens with one attached hydrogen (secondary N) is 2. The zero-order chi connectivity index (χ0) is 19.0. The Morgan fingerprint density at radius 2 is 1.78 bits per heavy atom. The van der Waals surface area contributed by atoms with Crippen molar-refractivity contribution in [2.24, 2.45) is 29.1 Å².